The molecule has 2 aromatic carbocycles. The molecule has 0 heterocycles. The molecule has 0 fully saturated rings. The molecule has 0 aromatic heterocycles. The van der Waals surface area contributed by atoms with Gasteiger partial charge in [0.25, 0.3) is 5.91 Å². The van der Waals surface area contributed by atoms with Gasteiger partial charge in [0.2, 0.25) is 0 Å². The van der Waals surface area contributed by atoms with Crippen molar-refractivity contribution in [3.8, 4) is 5.75 Å². The van der Waals surface area contributed by atoms with Crippen LogP contribution in [0.4, 0.5) is 0 Å². The van der Waals surface area contributed by atoms with Crippen molar-refractivity contribution in [1.29, 1.82) is 0 Å². The standard InChI is InChI=1S/C19H24N2O3.ClH/c1-2-23-12-13-24-18-11-7-6-10-16(18)19(22)21-14-17(20)15-8-4-3-5-9-15;/h3-11,17H,2,12-14,20H2,1H3,(H,21,22);1H. The quantitative estimate of drug-likeness (QED) is 0.671. The van der Waals surface area contributed by atoms with Crippen LogP contribution in [0, 0.1) is 0 Å². The second-order valence-corrected chi connectivity index (χ2v) is 5.27. The summed E-state index contributed by atoms with van der Waals surface area (Å²) in [6.45, 7) is 3.82. The molecule has 25 heavy (non-hydrogen) atoms. The molecule has 0 spiro atoms. The van der Waals surface area contributed by atoms with Crippen LogP contribution in [0.1, 0.15) is 28.9 Å². The maximum absolute atomic E-state index is 12.4. The number of hydrogen-bond acceptors (Lipinski definition) is 4. The predicted molar refractivity (Wildman–Crippen MR) is 101 cm³/mol. The molecule has 0 aliphatic rings. The molecule has 5 nitrogen and oxygen atoms in total. The zero-order chi connectivity index (χ0) is 17.2. The maximum atomic E-state index is 12.4. The Kier molecular flexibility index (Phi) is 9.62. The Balaban J connectivity index is 0.00000312. The zero-order valence-electron chi connectivity index (χ0n) is 14.3. The first-order valence-corrected chi connectivity index (χ1v) is 8.10. The fourth-order valence-corrected chi connectivity index (χ4v) is 2.25. The highest BCUT2D eigenvalue weighted by Gasteiger charge is 2.13. The molecule has 0 radical (unpaired) electrons. The number of hydrogen-bond donors (Lipinski definition) is 2. The van der Waals surface area contributed by atoms with Crippen LogP contribution in [0.15, 0.2) is 54.6 Å². The van der Waals surface area contributed by atoms with Gasteiger partial charge in [0.1, 0.15) is 12.4 Å². The lowest BCUT2D eigenvalue weighted by Crippen LogP contribution is -2.32. The van der Waals surface area contributed by atoms with Gasteiger partial charge in [0, 0.05) is 19.2 Å². The van der Waals surface area contributed by atoms with Gasteiger partial charge in [0.05, 0.1) is 12.2 Å². The number of halogens is 1. The van der Waals surface area contributed by atoms with E-state index in [1.54, 1.807) is 18.2 Å². The number of amides is 1. The first-order valence-electron chi connectivity index (χ1n) is 8.10. The van der Waals surface area contributed by atoms with E-state index < -0.39 is 0 Å². The monoisotopic (exact) mass is 364 g/mol. The molecule has 0 saturated heterocycles. The molecule has 1 amide bonds. The highest BCUT2D eigenvalue weighted by molar-refractivity contribution is 5.96. The first kappa shape index (κ1) is 21.0. The van der Waals surface area contributed by atoms with Gasteiger partial charge >= 0.3 is 0 Å². The molecular formula is C19H25ClN2O3. The van der Waals surface area contributed by atoms with Crippen LogP contribution in [0.3, 0.4) is 0 Å². The summed E-state index contributed by atoms with van der Waals surface area (Å²) in [6, 6.07) is 16.6. The summed E-state index contributed by atoms with van der Waals surface area (Å²) in [6.07, 6.45) is 0. The third kappa shape index (κ3) is 6.74. The second kappa shape index (κ2) is 11.5. The third-order valence-corrected chi connectivity index (χ3v) is 3.53. The maximum Gasteiger partial charge on any atom is 0.255 e. The molecule has 0 saturated carbocycles. The Hall–Kier alpha value is -2.08. The number of nitrogens with one attached hydrogen (secondary N) is 1. The minimum atomic E-state index is -0.249. The van der Waals surface area contributed by atoms with Gasteiger partial charge in [-0.1, -0.05) is 42.5 Å². The van der Waals surface area contributed by atoms with Crippen molar-refractivity contribution in [2.45, 2.75) is 13.0 Å². The first-order chi connectivity index (χ1) is 11.7. The van der Waals surface area contributed by atoms with Gasteiger partial charge in [-0.05, 0) is 24.6 Å². The Morgan fingerprint density at radius 3 is 2.48 bits per heavy atom. The van der Waals surface area contributed by atoms with Gasteiger partial charge < -0.3 is 20.5 Å². The zero-order valence-corrected chi connectivity index (χ0v) is 15.1. The van der Waals surface area contributed by atoms with Gasteiger partial charge in [-0.3, -0.25) is 4.79 Å². The van der Waals surface area contributed by atoms with E-state index in [0.717, 1.165) is 5.56 Å². The summed E-state index contributed by atoms with van der Waals surface area (Å²) in [5.41, 5.74) is 7.59. The summed E-state index contributed by atoms with van der Waals surface area (Å²) < 4.78 is 10.9. The average molecular weight is 365 g/mol. The summed E-state index contributed by atoms with van der Waals surface area (Å²) in [5.74, 6) is 0.344. The van der Waals surface area contributed by atoms with Crippen LogP contribution in [-0.2, 0) is 4.74 Å². The van der Waals surface area contributed by atoms with Gasteiger partial charge in [-0.15, -0.1) is 12.4 Å². The molecule has 2 aromatic rings. The van der Waals surface area contributed by atoms with Crippen molar-refractivity contribution in [1.82, 2.24) is 5.32 Å². The van der Waals surface area contributed by atoms with E-state index in [4.69, 9.17) is 15.2 Å². The number of rotatable bonds is 9. The van der Waals surface area contributed by atoms with Crippen molar-refractivity contribution >= 4 is 18.3 Å². The molecule has 136 valence electrons. The van der Waals surface area contributed by atoms with Crippen LogP contribution in [0.2, 0.25) is 0 Å². The van der Waals surface area contributed by atoms with E-state index in [0.29, 0.717) is 37.7 Å². The largest absolute Gasteiger partial charge is 0.490 e. The molecule has 3 N–H and O–H groups in total. The third-order valence-electron chi connectivity index (χ3n) is 3.53. The van der Waals surface area contributed by atoms with E-state index in [2.05, 4.69) is 5.32 Å². The SMILES string of the molecule is CCOCCOc1ccccc1C(=O)NCC(N)c1ccccc1.Cl. The summed E-state index contributed by atoms with van der Waals surface area (Å²) >= 11 is 0. The molecule has 1 atom stereocenters. The lowest BCUT2D eigenvalue weighted by molar-refractivity contribution is 0.0934. The van der Waals surface area contributed by atoms with E-state index in [1.165, 1.54) is 0 Å². The summed E-state index contributed by atoms with van der Waals surface area (Å²) in [7, 11) is 0. The van der Waals surface area contributed by atoms with E-state index in [-0.39, 0.29) is 24.4 Å². The van der Waals surface area contributed by atoms with Crippen LogP contribution in [0.25, 0.3) is 0 Å². The Bertz CT molecular complexity index is 638. The highest BCUT2D eigenvalue weighted by atomic mass is 35.5. The number of ether oxygens (including phenoxy) is 2. The fourth-order valence-electron chi connectivity index (χ4n) is 2.25. The van der Waals surface area contributed by atoms with Crippen molar-refractivity contribution in [2.75, 3.05) is 26.4 Å². The minimum Gasteiger partial charge on any atom is -0.490 e. The topological polar surface area (TPSA) is 73.6 Å². The smallest absolute Gasteiger partial charge is 0.255 e. The normalized spacial score (nSPS) is 11.3. The number of carbonyl (C=O) groups excluding carboxylic acids is 1. The molecular weight excluding hydrogens is 340 g/mol. The molecule has 2 rings (SSSR count). The van der Waals surface area contributed by atoms with Gasteiger partial charge in [-0.2, -0.15) is 0 Å². The molecule has 6 heteroatoms. The number of benzene rings is 2. The number of para-hydroxylation sites is 1. The van der Waals surface area contributed by atoms with Crippen LogP contribution in [0.5, 0.6) is 5.75 Å². The Morgan fingerprint density at radius 2 is 1.76 bits per heavy atom. The fraction of sp³-hybridized carbons (Fsp3) is 0.316. The predicted octanol–water partition coefficient (Wildman–Crippen LogP) is 2.95. The molecule has 0 aliphatic heterocycles. The molecule has 1 unspecified atom stereocenters. The lowest BCUT2D eigenvalue weighted by Gasteiger charge is -2.15. The minimum absolute atomic E-state index is 0. The lowest BCUT2D eigenvalue weighted by atomic mass is 10.1. The van der Waals surface area contributed by atoms with E-state index in [1.807, 2.05) is 43.3 Å². The Labute approximate surface area is 154 Å². The number of carbonyl (C=O) groups is 1. The van der Waals surface area contributed by atoms with Crippen LogP contribution >= 0.6 is 12.4 Å². The second-order valence-electron chi connectivity index (χ2n) is 5.27. The number of nitrogens with two attached hydrogens (primary N) is 1. The van der Waals surface area contributed by atoms with Crippen molar-refractivity contribution in [3.63, 3.8) is 0 Å². The van der Waals surface area contributed by atoms with E-state index >= 15 is 0 Å². The average Bonchev–Trinajstić information content (AvgIpc) is 2.64. The van der Waals surface area contributed by atoms with Crippen molar-refractivity contribution in [3.05, 3.63) is 65.7 Å². The van der Waals surface area contributed by atoms with Crippen molar-refractivity contribution < 1.29 is 14.3 Å². The summed E-state index contributed by atoms with van der Waals surface area (Å²) in [4.78, 5) is 12.4. The van der Waals surface area contributed by atoms with Crippen molar-refractivity contribution in [2.24, 2.45) is 5.73 Å². The Morgan fingerprint density at radius 1 is 1.08 bits per heavy atom. The van der Waals surface area contributed by atoms with Gasteiger partial charge in [0.15, 0.2) is 0 Å². The van der Waals surface area contributed by atoms with Gasteiger partial charge in [-0.25, -0.2) is 0 Å². The highest BCUT2D eigenvalue weighted by Crippen LogP contribution is 2.18. The van der Waals surface area contributed by atoms with Crippen LogP contribution < -0.4 is 15.8 Å². The van der Waals surface area contributed by atoms with E-state index in [9.17, 15) is 4.79 Å². The van der Waals surface area contributed by atoms with Crippen LogP contribution in [-0.4, -0.2) is 32.3 Å². The molecule has 0 bridgehead atoms. The molecule has 0 aliphatic carbocycles. The summed E-state index contributed by atoms with van der Waals surface area (Å²) in [5, 5.41) is 2.86.